The maximum absolute atomic E-state index is 12.3. The first-order valence-electron chi connectivity index (χ1n) is 12.4. The Kier molecular flexibility index (Phi) is 8.19. The molecular formula is C30H31N3O6. The molecule has 0 bridgehead atoms. The number of carbonyl (C=O) groups excluding carboxylic acids is 2. The Balaban J connectivity index is 2.02. The summed E-state index contributed by atoms with van der Waals surface area (Å²) in [5.74, 6) is 1.02. The Morgan fingerprint density at radius 1 is 0.897 bits per heavy atom. The third kappa shape index (κ3) is 5.72. The Labute approximate surface area is 227 Å². The summed E-state index contributed by atoms with van der Waals surface area (Å²) >= 11 is 0. The fraction of sp³-hybridized carbons (Fsp3) is 0.233. The molecule has 4 aromatic rings. The first-order valence-corrected chi connectivity index (χ1v) is 12.4. The first-order chi connectivity index (χ1) is 18.8. The highest BCUT2D eigenvalue weighted by Crippen LogP contribution is 2.46. The number of benzene rings is 3. The van der Waals surface area contributed by atoms with Gasteiger partial charge in [-0.3, -0.25) is 9.59 Å². The molecule has 0 spiro atoms. The van der Waals surface area contributed by atoms with Gasteiger partial charge in [-0.05, 0) is 54.4 Å². The number of hydrogen-bond donors (Lipinski definition) is 1. The molecule has 1 aromatic heterocycles. The summed E-state index contributed by atoms with van der Waals surface area (Å²) in [7, 11) is 4.62. The van der Waals surface area contributed by atoms with Gasteiger partial charge in [0.25, 0.3) is 0 Å². The van der Waals surface area contributed by atoms with E-state index in [9.17, 15) is 9.59 Å². The lowest BCUT2D eigenvalue weighted by Gasteiger charge is -2.14. The highest BCUT2D eigenvalue weighted by molar-refractivity contribution is 5.92. The summed E-state index contributed by atoms with van der Waals surface area (Å²) < 4.78 is 24.1. The van der Waals surface area contributed by atoms with Crippen molar-refractivity contribution in [2.75, 3.05) is 26.6 Å². The summed E-state index contributed by atoms with van der Waals surface area (Å²) in [5, 5.41) is 7.78. The topological polar surface area (TPSA) is 101 Å². The van der Waals surface area contributed by atoms with E-state index in [1.807, 2.05) is 43.3 Å². The van der Waals surface area contributed by atoms with Gasteiger partial charge in [0.15, 0.2) is 11.5 Å². The number of anilines is 1. The number of carbonyl (C=O) groups is 2. The van der Waals surface area contributed by atoms with Crippen molar-refractivity contribution in [3.63, 3.8) is 0 Å². The van der Waals surface area contributed by atoms with Crippen LogP contribution in [0.4, 0.5) is 5.69 Å². The lowest BCUT2D eigenvalue weighted by Crippen LogP contribution is -2.09. The number of methoxy groups -OCH3 is 3. The largest absolute Gasteiger partial charge is 0.493 e. The van der Waals surface area contributed by atoms with Gasteiger partial charge in [0.2, 0.25) is 17.5 Å². The summed E-state index contributed by atoms with van der Waals surface area (Å²) in [4.78, 5) is 24.2. The van der Waals surface area contributed by atoms with Crippen LogP contribution < -0.4 is 24.3 Å². The Morgan fingerprint density at radius 3 is 2.10 bits per heavy atom. The average molecular weight is 530 g/mol. The number of hydrogen-bond acceptors (Lipinski definition) is 7. The molecule has 39 heavy (non-hydrogen) atoms. The number of rotatable bonds is 9. The summed E-state index contributed by atoms with van der Waals surface area (Å²) in [6.07, 6.45) is 0.368. The Hall–Kier alpha value is -4.79. The third-order valence-electron chi connectivity index (χ3n) is 6.05. The molecule has 0 atom stereocenters. The molecule has 0 radical (unpaired) electrons. The monoisotopic (exact) mass is 529 g/mol. The minimum Gasteiger partial charge on any atom is -0.493 e. The molecular weight excluding hydrogens is 498 g/mol. The molecule has 0 unspecified atom stereocenters. The van der Waals surface area contributed by atoms with E-state index in [0.717, 1.165) is 16.8 Å². The number of aryl methyl sites for hydroxylation is 1. The van der Waals surface area contributed by atoms with Gasteiger partial charge in [-0.25, -0.2) is 0 Å². The smallest absolute Gasteiger partial charge is 0.309 e. The highest BCUT2D eigenvalue weighted by Gasteiger charge is 2.26. The third-order valence-corrected chi connectivity index (χ3v) is 6.05. The lowest BCUT2D eigenvalue weighted by molar-refractivity contribution is -0.132. The van der Waals surface area contributed by atoms with Crippen LogP contribution in [0.2, 0.25) is 0 Å². The zero-order chi connectivity index (χ0) is 28.1. The van der Waals surface area contributed by atoms with Gasteiger partial charge in [-0.15, -0.1) is 0 Å². The first kappa shape index (κ1) is 27.3. The van der Waals surface area contributed by atoms with E-state index in [2.05, 4.69) is 5.32 Å². The summed E-state index contributed by atoms with van der Waals surface area (Å²) in [6.45, 7) is 5.11. The van der Waals surface area contributed by atoms with Crippen molar-refractivity contribution in [1.29, 1.82) is 0 Å². The lowest BCUT2D eigenvalue weighted by atomic mass is 10.00. The van der Waals surface area contributed by atoms with E-state index < -0.39 is 5.97 Å². The number of aromatic nitrogens is 2. The molecule has 1 heterocycles. The predicted octanol–water partition coefficient (Wildman–Crippen LogP) is 5.81. The van der Waals surface area contributed by atoms with Crippen molar-refractivity contribution in [1.82, 2.24) is 9.78 Å². The van der Waals surface area contributed by atoms with Gasteiger partial charge in [0.1, 0.15) is 5.69 Å². The molecule has 1 amide bonds. The quantitative estimate of drug-likeness (QED) is 0.273. The number of nitrogens with zero attached hydrogens (tertiary/aromatic N) is 2. The number of amides is 1. The van der Waals surface area contributed by atoms with E-state index in [4.69, 9.17) is 24.0 Å². The molecule has 9 nitrogen and oxygen atoms in total. The van der Waals surface area contributed by atoms with Crippen LogP contribution in [0.5, 0.6) is 23.1 Å². The second kappa shape index (κ2) is 11.7. The van der Waals surface area contributed by atoms with Crippen molar-refractivity contribution < 1.29 is 28.5 Å². The fourth-order valence-corrected chi connectivity index (χ4v) is 4.22. The maximum Gasteiger partial charge on any atom is 0.309 e. The molecule has 0 aliphatic rings. The van der Waals surface area contributed by atoms with Gasteiger partial charge < -0.3 is 24.3 Å². The maximum atomic E-state index is 12.3. The molecule has 202 valence electrons. The number of esters is 1. The van der Waals surface area contributed by atoms with Crippen LogP contribution in [-0.4, -0.2) is 43.0 Å². The van der Waals surface area contributed by atoms with Crippen molar-refractivity contribution in [2.45, 2.75) is 27.2 Å². The van der Waals surface area contributed by atoms with Crippen LogP contribution >= 0.6 is 0 Å². The van der Waals surface area contributed by atoms with Crippen LogP contribution in [0.1, 0.15) is 25.8 Å². The molecule has 0 saturated carbocycles. The Bertz CT molecular complexity index is 1480. The molecule has 0 aliphatic heterocycles. The molecule has 3 aromatic carbocycles. The zero-order valence-corrected chi connectivity index (χ0v) is 22.8. The van der Waals surface area contributed by atoms with Crippen LogP contribution in [0.25, 0.3) is 28.1 Å². The van der Waals surface area contributed by atoms with E-state index in [-0.39, 0.29) is 11.8 Å². The van der Waals surface area contributed by atoms with Crippen molar-refractivity contribution in [3.8, 4) is 51.2 Å². The standard InChI is InChI=1S/C30H31N3O6/c1-7-26(35)31-22-13-11-20(12-14-22)27-28(21-16-24(36-4)29(38-6)25(17-21)37-5)32-33(30(27)39-19(3)34)23-10-8-9-18(2)15-23/h8-17H,7H2,1-6H3,(H,31,35). The van der Waals surface area contributed by atoms with Crippen LogP contribution in [-0.2, 0) is 9.59 Å². The van der Waals surface area contributed by atoms with E-state index in [1.165, 1.54) is 14.0 Å². The summed E-state index contributed by atoms with van der Waals surface area (Å²) in [6, 6.07) is 18.6. The predicted molar refractivity (Wildman–Crippen MR) is 149 cm³/mol. The molecule has 4 rings (SSSR count). The molecule has 0 fully saturated rings. The molecule has 1 N–H and O–H groups in total. The zero-order valence-electron chi connectivity index (χ0n) is 22.8. The SMILES string of the molecule is CCC(=O)Nc1ccc(-c2c(-c3cc(OC)c(OC)c(OC)c3)nn(-c3cccc(C)c3)c2OC(C)=O)cc1. The van der Waals surface area contributed by atoms with E-state index in [0.29, 0.717) is 46.2 Å². The van der Waals surface area contributed by atoms with Crippen LogP contribution in [0.3, 0.4) is 0 Å². The average Bonchev–Trinajstić information content (AvgIpc) is 3.30. The fourth-order valence-electron chi connectivity index (χ4n) is 4.22. The van der Waals surface area contributed by atoms with Crippen LogP contribution in [0, 0.1) is 6.92 Å². The van der Waals surface area contributed by atoms with Gasteiger partial charge in [-0.1, -0.05) is 31.2 Å². The van der Waals surface area contributed by atoms with Crippen molar-refractivity contribution in [2.24, 2.45) is 0 Å². The summed E-state index contributed by atoms with van der Waals surface area (Å²) in [5.41, 5.74) is 4.87. The minimum atomic E-state index is -0.492. The molecule has 0 saturated heterocycles. The second-order valence-electron chi connectivity index (χ2n) is 8.77. The molecule has 9 heteroatoms. The number of ether oxygens (including phenoxy) is 4. The van der Waals surface area contributed by atoms with Gasteiger partial charge >= 0.3 is 5.97 Å². The van der Waals surface area contributed by atoms with Gasteiger partial charge in [0, 0.05) is 24.6 Å². The van der Waals surface area contributed by atoms with Crippen molar-refractivity contribution >= 4 is 17.6 Å². The Morgan fingerprint density at radius 2 is 1.56 bits per heavy atom. The van der Waals surface area contributed by atoms with Crippen LogP contribution in [0.15, 0.2) is 60.7 Å². The van der Waals surface area contributed by atoms with Gasteiger partial charge in [-0.2, -0.15) is 9.78 Å². The highest BCUT2D eigenvalue weighted by atomic mass is 16.5. The van der Waals surface area contributed by atoms with E-state index >= 15 is 0 Å². The molecule has 0 aliphatic carbocycles. The van der Waals surface area contributed by atoms with E-state index in [1.54, 1.807) is 50.1 Å². The normalized spacial score (nSPS) is 10.6. The van der Waals surface area contributed by atoms with Gasteiger partial charge in [0.05, 0.1) is 32.6 Å². The minimum absolute atomic E-state index is 0.0891. The van der Waals surface area contributed by atoms with Crippen molar-refractivity contribution in [3.05, 3.63) is 66.2 Å². The number of nitrogens with one attached hydrogen (secondary N) is 1. The second-order valence-corrected chi connectivity index (χ2v) is 8.77.